The van der Waals surface area contributed by atoms with Crippen LogP contribution in [-0.4, -0.2) is 41.7 Å². The molecule has 2 heterocycles. The number of ether oxygens (including phenoxy) is 2. The Bertz CT molecular complexity index is 1140. The highest BCUT2D eigenvalue weighted by Crippen LogP contribution is 2.29. The Morgan fingerprint density at radius 2 is 1.88 bits per heavy atom. The van der Waals surface area contributed by atoms with Gasteiger partial charge in [-0.2, -0.15) is 5.10 Å². The van der Waals surface area contributed by atoms with Gasteiger partial charge in [0.2, 0.25) is 11.7 Å². The lowest BCUT2D eigenvalue weighted by Crippen LogP contribution is -2.31. The molecule has 4 rings (SSSR count). The van der Waals surface area contributed by atoms with E-state index in [0.29, 0.717) is 36.6 Å². The number of hydrogen-bond donors (Lipinski definition) is 1. The summed E-state index contributed by atoms with van der Waals surface area (Å²) in [4.78, 5) is 28.2. The number of benzene rings is 2. The third kappa shape index (κ3) is 4.61. The second-order valence-electron chi connectivity index (χ2n) is 7.08. The Balaban J connectivity index is 1.47. The van der Waals surface area contributed by atoms with Gasteiger partial charge >= 0.3 is 0 Å². The lowest BCUT2D eigenvalue weighted by molar-refractivity contribution is -0.132. The molecule has 0 spiro atoms. The summed E-state index contributed by atoms with van der Waals surface area (Å²) in [6, 6.07) is 12.8. The molecule has 0 aliphatic carbocycles. The summed E-state index contributed by atoms with van der Waals surface area (Å²) in [5, 5.41) is 8.78. The Morgan fingerprint density at radius 3 is 2.56 bits per heavy atom. The lowest BCUT2D eigenvalue weighted by atomic mass is 10.0. The topological polar surface area (TPSA) is 106 Å². The van der Waals surface area contributed by atoms with E-state index in [1.807, 2.05) is 30.3 Å². The van der Waals surface area contributed by atoms with Gasteiger partial charge in [0.05, 0.1) is 32.7 Å². The van der Waals surface area contributed by atoms with E-state index in [1.165, 1.54) is 17.6 Å². The van der Waals surface area contributed by atoms with Crippen LogP contribution in [0.2, 0.25) is 0 Å². The van der Waals surface area contributed by atoms with Crippen molar-refractivity contribution in [3.8, 4) is 11.5 Å². The fourth-order valence-electron chi connectivity index (χ4n) is 3.33. The molecule has 2 aromatic carbocycles. The number of amides is 2. The average molecular weight is 434 g/mol. The van der Waals surface area contributed by atoms with Crippen LogP contribution in [0.4, 0.5) is 5.69 Å². The van der Waals surface area contributed by atoms with Gasteiger partial charge in [-0.3, -0.25) is 9.59 Å². The van der Waals surface area contributed by atoms with Crippen molar-refractivity contribution in [2.45, 2.75) is 19.4 Å². The van der Waals surface area contributed by atoms with Crippen LogP contribution in [0.15, 0.2) is 64.6 Å². The molecule has 0 fully saturated rings. The first kappa shape index (κ1) is 21.1. The zero-order valence-corrected chi connectivity index (χ0v) is 17.7. The van der Waals surface area contributed by atoms with E-state index in [1.54, 1.807) is 26.4 Å². The summed E-state index contributed by atoms with van der Waals surface area (Å²) in [7, 11) is 3.17. The summed E-state index contributed by atoms with van der Waals surface area (Å²) < 4.78 is 15.6. The number of carbonyl (C=O) groups excluding carboxylic acids is 2. The van der Waals surface area contributed by atoms with Crippen LogP contribution in [-0.2, 0) is 11.3 Å². The molecule has 0 bridgehead atoms. The molecule has 3 aromatic rings. The fourth-order valence-corrected chi connectivity index (χ4v) is 3.33. The lowest BCUT2D eigenvalue weighted by Gasteiger charge is -2.24. The molecule has 0 saturated heterocycles. The number of methoxy groups -OCH3 is 2. The number of aromatic nitrogens is 1. The zero-order valence-electron chi connectivity index (χ0n) is 17.7. The van der Waals surface area contributed by atoms with Gasteiger partial charge in [-0.05, 0) is 35.9 Å². The molecule has 1 aromatic heterocycles. The molecule has 0 atom stereocenters. The molecule has 9 heteroatoms. The number of rotatable bonds is 7. The molecule has 2 amide bonds. The third-order valence-electron chi connectivity index (χ3n) is 5.02. The standard InChI is InChI=1S/C23H22N4O5/c1-30-19-9-5-16(11-20(19)31-2)18-8-10-22(28)27(26-18)13-15-3-6-17(7-4-15)25-23(29)21-12-24-14-32-21/h3-7,9,11-12,14H,8,10,13H2,1-2H3,(H,25,29). The number of nitrogens with zero attached hydrogens (tertiary/aromatic N) is 3. The molecule has 0 unspecified atom stereocenters. The maximum Gasteiger partial charge on any atom is 0.293 e. The van der Waals surface area contributed by atoms with Gasteiger partial charge < -0.3 is 19.2 Å². The molecule has 0 radical (unpaired) electrons. The van der Waals surface area contributed by atoms with Crippen LogP contribution in [0.3, 0.4) is 0 Å². The Morgan fingerprint density at radius 1 is 1.09 bits per heavy atom. The molecule has 32 heavy (non-hydrogen) atoms. The second kappa shape index (κ2) is 9.34. The van der Waals surface area contributed by atoms with Gasteiger partial charge in [0.1, 0.15) is 0 Å². The van der Waals surface area contributed by atoms with Gasteiger partial charge in [-0.25, -0.2) is 9.99 Å². The van der Waals surface area contributed by atoms with Crippen molar-refractivity contribution >= 4 is 23.2 Å². The first-order chi connectivity index (χ1) is 15.6. The van der Waals surface area contributed by atoms with Crippen LogP contribution in [0.1, 0.15) is 34.5 Å². The minimum atomic E-state index is -0.384. The van der Waals surface area contributed by atoms with E-state index in [4.69, 9.17) is 13.9 Å². The summed E-state index contributed by atoms with van der Waals surface area (Å²) in [6.07, 6.45) is 3.47. The molecular weight excluding hydrogens is 412 g/mol. The number of anilines is 1. The molecular formula is C23H22N4O5. The molecule has 9 nitrogen and oxygen atoms in total. The van der Waals surface area contributed by atoms with Crippen LogP contribution >= 0.6 is 0 Å². The predicted octanol–water partition coefficient (Wildman–Crippen LogP) is 3.47. The van der Waals surface area contributed by atoms with Crippen molar-refractivity contribution in [3.05, 3.63) is 71.9 Å². The molecule has 1 N–H and O–H groups in total. The number of nitrogens with one attached hydrogen (secondary N) is 1. The maximum absolute atomic E-state index is 12.4. The Hall–Kier alpha value is -4.14. The maximum atomic E-state index is 12.4. The van der Waals surface area contributed by atoms with E-state index in [2.05, 4.69) is 15.4 Å². The number of hydrazone groups is 1. The first-order valence-corrected chi connectivity index (χ1v) is 9.96. The monoisotopic (exact) mass is 434 g/mol. The average Bonchev–Trinajstić information content (AvgIpc) is 3.36. The number of hydrogen-bond acceptors (Lipinski definition) is 7. The summed E-state index contributed by atoms with van der Waals surface area (Å²) in [5.41, 5.74) is 3.18. The van der Waals surface area contributed by atoms with E-state index >= 15 is 0 Å². The van der Waals surface area contributed by atoms with Crippen LogP contribution in [0, 0.1) is 0 Å². The van der Waals surface area contributed by atoms with E-state index in [9.17, 15) is 9.59 Å². The molecule has 0 saturated carbocycles. The highest BCUT2D eigenvalue weighted by Gasteiger charge is 2.22. The zero-order chi connectivity index (χ0) is 22.5. The first-order valence-electron chi connectivity index (χ1n) is 9.96. The van der Waals surface area contributed by atoms with E-state index < -0.39 is 0 Å². The largest absolute Gasteiger partial charge is 0.493 e. The second-order valence-corrected chi connectivity index (χ2v) is 7.08. The highest BCUT2D eigenvalue weighted by atomic mass is 16.5. The van der Waals surface area contributed by atoms with Crippen molar-refractivity contribution in [2.75, 3.05) is 19.5 Å². The van der Waals surface area contributed by atoms with Gasteiger partial charge in [-0.1, -0.05) is 12.1 Å². The number of carbonyl (C=O) groups is 2. The van der Waals surface area contributed by atoms with Crippen molar-refractivity contribution < 1.29 is 23.5 Å². The van der Waals surface area contributed by atoms with Crippen molar-refractivity contribution in [1.82, 2.24) is 9.99 Å². The predicted molar refractivity (Wildman–Crippen MR) is 117 cm³/mol. The number of oxazole rings is 1. The van der Waals surface area contributed by atoms with Crippen molar-refractivity contribution in [1.29, 1.82) is 0 Å². The highest BCUT2D eigenvalue weighted by molar-refractivity contribution is 6.04. The Kier molecular flexibility index (Phi) is 6.16. The van der Waals surface area contributed by atoms with Gasteiger partial charge in [0.25, 0.3) is 5.91 Å². The Labute approximate surface area is 184 Å². The van der Waals surface area contributed by atoms with Crippen LogP contribution in [0.5, 0.6) is 11.5 Å². The van der Waals surface area contributed by atoms with E-state index in [0.717, 1.165) is 16.8 Å². The SMILES string of the molecule is COc1ccc(C2=NN(Cc3ccc(NC(=O)c4cnco4)cc3)C(=O)CC2)cc1OC. The molecule has 164 valence electrons. The normalized spacial score (nSPS) is 13.5. The van der Waals surface area contributed by atoms with E-state index in [-0.39, 0.29) is 17.6 Å². The smallest absolute Gasteiger partial charge is 0.293 e. The van der Waals surface area contributed by atoms with Crippen LogP contribution < -0.4 is 14.8 Å². The third-order valence-corrected chi connectivity index (χ3v) is 5.02. The van der Waals surface area contributed by atoms with Crippen molar-refractivity contribution in [3.63, 3.8) is 0 Å². The van der Waals surface area contributed by atoms with Gasteiger partial charge in [0.15, 0.2) is 17.9 Å². The summed E-state index contributed by atoms with van der Waals surface area (Å²) >= 11 is 0. The minimum absolute atomic E-state index is 0.0445. The molecule has 1 aliphatic rings. The summed E-state index contributed by atoms with van der Waals surface area (Å²) in [5.74, 6) is 0.947. The minimum Gasteiger partial charge on any atom is -0.493 e. The van der Waals surface area contributed by atoms with Crippen molar-refractivity contribution in [2.24, 2.45) is 5.10 Å². The summed E-state index contributed by atoms with van der Waals surface area (Å²) in [6.45, 7) is 0.325. The van der Waals surface area contributed by atoms with Gasteiger partial charge in [-0.15, -0.1) is 0 Å². The van der Waals surface area contributed by atoms with Gasteiger partial charge in [0, 0.05) is 24.1 Å². The fraction of sp³-hybridized carbons (Fsp3) is 0.217. The quantitative estimate of drug-likeness (QED) is 0.610. The molecule has 1 aliphatic heterocycles. The van der Waals surface area contributed by atoms with Crippen LogP contribution in [0.25, 0.3) is 0 Å².